The summed E-state index contributed by atoms with van der Waals surface area (Å²) >= 11 is 3.29. The molecule has 2 N–H and O–H groups in total. The van der Waals surface area contributed by atoms with Gasteiger partial charge in [-0.25, -0.2) is 4.98 Å². The Hall–Kier alpha value is -1.82. The normalized spacial score (nSPS) is 12.2. The lowest BCUT2D eigenvalue weighted by molar-refractivity contribution is -0.137. The summed E-state index contributed by atoms with van der Waals surface area (Å²) < 4.78 is 6.06. The van der Waals surface area contributed by atoms with Gasteiger partial charge in [0.1, 0.15) is 16.2 Å². The number of aromatic amines is 1. The monoisotopic (exact) mass is 338 g/mol. The van der Waals surface area contributed by atoms with Crippen molar-refractivity contribution < 1.29 is 14.6 Å². The fraction of sp³-hybridized carbons (Fsp3) is 0.286. The van der Waals surface area contributed by atoms with E-state index in [4.69, 9.17) is 9.84 Å². The van der Waals surface area contributed by atoms with Crippen molar-refractivity contribution in [2.45, 2.75) is 19.3 Å². The maximum Gasteiger partial charge on any atom is 0.304 e. The number of H-pyrrole nitrogens is 1. The minimum absolute atomic E-state index is 0.0558. The van der Waals surface area contributed by atoms with Gasteiger partial charge in [-0.1, -0.05) is 17.7 Å². The predicted octanol–water partition coefficient (Wildman–Crippen LogP) is 3.10. The van der Waals surface area contributed by atoms with Gasteiger partial charge in [0.2, 0.25) is 0 Å². The summed E-state index contributed by atoms with van der Waals surface area (Å²) in [5, 5.41) is 9.15. The number of methoxy groups -OCH3 is 1. The summed E-state index contributed by atoms with van der Waals surface area (Å²) in [6, 6.07) is 5.71. The third kappa shape index (κ3) is 3.19. The van der Waals surface area contributed by atoms with Crippen LogP contribution >= 0.6 is 15.9 Å². The molecule has 0 fully saturated rings. The Bertz CT molecular complexity index is 625. The van der Waals surface area contributed by atoms with Crippen LogP contribution in [0.4, 0.5) is 0 Å². The lowest BCUT2D eigenvalue weighted by Gasteiger charge is -2.17. The van der Waals surface area contributed by atoms with Gasteiger partial charge >= 0.3 is 5.97 Å². The third-order valence-electron chi connectivity index (χ3n) is 3.03. The number of nitrogens with one attached hydrogen (secondary N) is 1. The van der Waals surface area contributed by atoms with Crippen molar-refractivity contribution in [3.05, 3.63) is 46.0 Å². The van der Waals surface area contributed by atoms with Crippen LogP contribution < -0.4 is 4.74 Å². The van der Waals surface area contributed by atoms with Crippen molar-refractivity contribution in [3.63, 3.8) is 0 Å². The van der Waals surface area contributed by atoms with E-state index in [0.29, 0.717) is 11.6 Å². The molecule has 0 amide bonds. The lowest BCUT2D eigenvalue weighted by Crippen LogP contribution is -2.11. The van der Waals surface area contributed by atoms with Crippen LogP contribution in [-0.2, 0) is 4.79 Å². The number of halogens is 1. The molecule has 2 rings (SSSR count). The van der Waals surface area contributed by atoms with Crippen LogP contribution in [0, 0.1) is 6.92 Å². The van der Waals surface area contributed by atoms with Crippen molar-refractivity contribution in [2.75, 3.05) is 7.11 Å². The highest BCUT2D eigenvalue weighted by Crippen LogP contribution is 2.34. The number of carbonyl (C=O) groups is 1. The zero-order valence-corrected chi connectivity index (χ0v) is 12.8. The van der Waals surface area contributed by atoms with Crippen LogP contribution in [0.15, 0.2) is 29.0 Å². The first-order valence-corrected chi connectivity index (χ1v) is 6.87. The fourth-order valence-electron chi connectivity index (χ4n) is 2.14. The molecule has 1 aromatic carbocycles. The molecule has 0 spiro atoms. The number of hydrogen-bond acceptors (Lipinski definition) is 3. The van der Waals surface area contributed by atoms with Gasteiger partial charge in [-0.15, -0.1) is 0 Å². The third-order valence-corrected chi connectivity index (χ3v) is 3.44. The van der Waals surface area contributed by atoms with Gasteiger partial charge in [-0.3, -0.25) is 4.79 Å². The van der Waals surface area contributed by atoms with E-state index in [0.717, 1.165) is 15.7 Å². The average molecular weight is 339 g/mol. The standard InChI is InChI=1S/C14H15BrN2O3/c1-8-3-4-11(20-2)9(5-8)10(6-13(18)19)14-16-7-12(15)17-14/h3-5,7,10H,6H2,1-2H3,(H,16,17)(H,18,19). The fourth-order valence-corrected chi connectivity index (χ4v) is 2.45. The molecule has 0 aliphatic rings. The van der Waals surface area contributed by atoms with Gasteiger partial charge in [-0.2, -0.15) is 0 Å². The van der Waals surface area contributed by atoms with E-state index in [1.807, 2.05) is 25.1 Å². The Labute approximate surface area is 125 Å². The molecular weight excluding hydrogens is 324 g/mol. The first kappa shape index (κ1) is 14.6. The van der Waals surface area contributed by atoms with E-state index in [1.54, 1.807) is 13.3 Å². The molecule has 2 aromatic rings. The molecule has 1 atom stereocenters. The topological polar surface area (TPSA) is 75.2 Å². The summed E-state index contributed by atoms with van der Waals surface area (Å²) in [4.78, 5) is 18.4. The first-order chi connectivity index (χ1) is 9.51. The maximum absolute atomic E-state index is 11.2. The largest absolute Gasteiger partial charge is 0.496 e. The van der Waals surface area contributed by atoms with E-state index in [9.17, 15) is 4.79 Å². The van der Waals surface area contributed by atoms with E-state index in [-0.39, 0.29) is 12.3 Å². The van der Waals surface area contributed by atoms with Crippen molar-refractivity contribution in [1.82, 2.24) is 9.97 Å². The minimum Gasteiger partial charge on any atom is -0.496 e. The zero-order valence-electron chi connectivity index (χ0n) is 11.2. The number of hydrogen-bond donors (Lipinski definition) is 2. The van der Waals surface area contributed by atoms with Crippen molar-refractivity contribution in [3.8, 4) is 5.75 Å². The number of ether oxygens (including phenoxy) is 1. The molecule has 0 radical (unpaired) electrons. The molecule has 6 heteroatoms. The molecule has 1 heterocycles. The molecule has 0 bridgehead atoms. The number of carboxylic acid groups (broad SMARTS) is 1. The second-order valence-corrected chi connectivity index (χ2v) is 5.37. The molecule has 0 saturated carbocycles. The number of benzene rings is 1. The Kier molecular flexibility index (Phi) is 4.44. The van der Waals surface area contributed by atoms with Crippen molar-refractivity contribution >= 4 is 21.9 Å². The quantitative estimate of drug-likeness (QED) is 0.878. The molecule has 106 valence electrons. The Morgan fingerprint density at radius 1 is 1.55 bits per heavy atom. The number of aryl methyl sites for hydroxylation is 1. The Morgan fingerprint density at radius 2 is 2.30 bits per heavy atom. The minimum atomic E-state index is -0.883. The highest BCUT2D eigenvalue weighted by molar-refractivity contribution is 9.10. The van der Waals surface area contributed by atoms with Crippen LogP contribution in [-0.4, -0.2) is 28.2 Å². The van der Waals surface area contributed by atoms with Gasteiger partial charge < -0.3 is 14.8 Å². The van der Waals surface area contributed by atoms with Gasteiger partial charge in [0.25, 0.3) is 0 Å². The number of rotatable bonds is 5. The lowest BCUT2D eigenvalue weighted by atomic mass is 9.93. The SMILES string of the molecule is COc1ccc(C)cc1C(CC(=O)O)c1ncc(Br)[nH]1. The molecular formula is C14H15BrN2O3. The molecule has 0 aliphatic heterocycles. The van der Waals surface area contributed by atoms with Crippen LogP contribution in [0.25, 0.3) is 0 Å². The van der Waals surface area contributed by atoms with E-state index in [2.05, 4.69) is 25.9 Å². The number of aliphatic carboxylic acids is 1. The molecule has 1 aromatic heterocycles. The second kappa shape index (κ2) is 6.09. The van der Waals surface area contributed by atoms with Gasteiger partial charge in [-0.05, 0) is 28.9 Å². The van der Waals surface area contributed by atoms with Gasteiger partial charge in [0, 0.05) is 5.56 Å². The van der Waals surface area contributed by atoms with Crippen LogP contribution in [0.5, 0.6) is 5.75 Å². The van der Waals surface area contributed by atoms with Crippen LogP contribution in [0.2, 0.25) is 0 Å². The van der Waals surface area contributed by atoms with Crippen LogP contribution in [0.3, 0.4) is 0 Å². The second-order valence-electron chi connectivity index (χ2n) is 4.51. The summed E-state index contributed by atoms with van der Waals surface area (Å²) in [6.07, 6.45) is 1.56. The van der Waals surface area contributed by atoms with Crippen molar-refractivity contribution in [1.29, 1.82) is 0 Å². The molecule has 0 saturated heterocycles. The van der Waals surface area contributed by atoms with Gasteiger partial charge in [0.05, 0.1) is 25.6 Å². The van der Waals surface area contributed by atoms with E-state index in [1.165, 1.54) is 0 Å². The van der Waals surface area contributed by atoms with Crippen LogP contribution in [0.1, 0.15) is 29.3 Å². The molecule has 5 nitrogen and oxygen atoms in total. The van der Waals surface area contributed by atoms with Crippen molar-refractivity contribution in [2.24, 2.45) is 0 Å². The molecule has 1 unspecified atom stereocenters. The summed E-state index contributed by atoms with van der Waals surface area (Å²) in [6.45, 7) is 1.96. The number of nitrogens with zero attached hydrogens (tertiary/aromatic N) is 1. The summed E-state index contributed by atoms with van der Waals surface area (Å²) in [7, 11) is 1.57. The highest BCUT2D eigenvalue weighted by Gasteiger charge is 2.24. The number of imidazole rings is 1. The molecule has 20 heavy (non-hydrogen) atoms. The zero-order chi connectivity index (χ0) is 14.7. The number of aromatic nitrogens is 2. The Balaban J connectivity index is 2.51. The Morgan fingerprint density at radius 3 is 2.85 bits per heavy atom. The predicted molar refractivity (Wildman–Crippen MR) is 78.1 cm³/mol. The molecule has 0 aliphatic carbocycles. The number of carboxylic acids is 1. The van der Waals surface area contributed by atoms with E-state index >= 15 is 0 Å². The average Bonchev–Trinajstić information content (AvgIpc) is 2.82. The maximum atomic E-state index is 11.2. The summed E-state index contributed by atoms with van der Waals surface area (Å²) in [5.74, 6) is -0.00252. The van der Waals surface area contributed by atoms with E-state index < -0.39 is 5.97 Å². The van der Waals surface area contributed by atoms with Gasteiger partial charge in [0.15, 0.2) is 0 Å². The highest BCUT2D eigenvalue weighted by atomic mass is 79.9. The summed E-state index contributed by atoms with van der Waals surface area (Å²) in [5.41, 5.74) is 1.86. The first-order valence-electron chi connectivity index (χ1n) is 6.08. The smallest absolute Gasteiger partial charge is 0.304 e.